The first-order valence-electron chi connectivity index (χ1n) is 7.64. The van der Waals surface area contributed by atoms with Crippen molar-refractivity contribution in [2.24, 2.45) is 11.3 Å². The monoisotopic (exact) mass is 275 g/mol. The Kier molecular flexibility index (Phi) is 3.24. The van der Waals surface area contributed by atoms with Crippen LogP contribution in [0.2, 0.25) is 0 Å². The number of fused-ring (bicyclic) bond motifs is 1. The minimum atomic E-state index is 0.196. The molecule has 0 spiro atoms. The van der Waals surface area contributed by atoms with E-state index >= 15 is 0 Å². The van der Waals surface area contributed by atoms with E-state index in [2.05, 4.69) is 48.8 Å². The number of hydrogen-bond acceptors (Lipinski definition) is 4. The highest BCUT2D eigenvalue weighted by Gasteiger charge is 2.61. The maximum absolute atomic E-state index is 5.89. The number of rotatable bonds is 3. The Morgan fingerprint density at radius 3 is 2.85 bits per heavy atom. The molecule has 2 aliphatic rings. The van der Waals surface area contributed by atoms with Crippen molar-refractivity contribution in [1.29, 1.82) is 0 Å². The molecular weight excluding hydrogens is 250 g/mol. The van der Waals surface area contributed by atoms with E-state index in [0.717, 1.165) is 30.4 Å². The summed E-state index contributed by atoms with van der Waals surface area (Å²) in [5.41, 5.74) is 1.32. The van der Waals surface area contributed by atoms with E-state index in [1.807, 2.05) is 6.92 Å². The lowest BCUT2D eigenvalue weighted by atomic mass is 9.57. The van der Waals surface area contributed by atoms with Crippen LogP contribution >= 0.6 is 0 Å². The molecule has 1 aromatic heterocycles. The lowest BCUT2D eigenvalue weighted by Crippen LogP contribution is -2.66. The highest BCUT2D eigenvalue weighted by Crippen LogP contribution is 2.54. The Hall–Kier alpha value is -1.16. The second-order valence-corrected chi connectivity index (χ2v) is 6.74. The van der Waals surface area contributed by atoms with Crippen molar-refractivity contribution in [1.82, 2.24) is 9.97 Å². The first-order chi connectivity index (χ1) is 9.45. The van der Waals surface area contributed by atoms with Crippen molar-refractivity contribution >= 4 is 5.82 Å². The van der Waals surface area contributed by atoms with Crippen LogP contribution in [-0.4, -0.2) is 35.8 Å². The zero-order valence-electron chi connectivity index (χ0n) is 13.2. The number of aromatic nitrogens is 2. The van der Waals surface area contributed by atoms with Crippen molar-refractivity contribution in [2.75, 3.05) is 18.6 Å². The summed E-state index contributed by atoms with van der Waals surface area (Å²) in [5.74, 6) is 2.57. The number of hydrogen-bond donors (Lipinski definition) is 0. The Labute approximate surface area is 121 Å². The van der Waals surface area contributed by atoms with Crippen molar-refractivity contribution in [3.8, 4) is 0 Å². The summed E-state index contributed by atoms with van der Waals surface area (Å²) in [5, 5.41) is 0. The number of nitrogens with zero attached hydrogens (tertiary/aromatic N) is 3. The van der Waals surface area contributed by atoms with E-state index in [1.54, 1.807) is 0 Å². The molecule has 0 radical (unpaired) electrons. The van der Waals surface area contributed by atoms with Gasteiger partial charge < -0.3 is 9.64 Å². The molecule has 1 aliphatic heterocycles. The number of anilines is 1. The van der Waals surface area contributed by atoms with Gasteiger partial charge in [-0.15, -0.1) is 0 Å². The zero-order valence-corrected chi connectivity index (χ0v) is 13.2. The van der Waals surface area contributed by atoms with E-state index in [1.165, 1.54) is 6.42 Å². The van der Waals surface area contributed by atoms with Gasteiger partial charge in [0.15, 0.2) is 0 Å². The topological polar surface area (TPSA) is 38.2 Å². The lowest BCUT2D eigenvalue weighted by molar-refractivity contribution is -0.101. The molecule has 1 saturated carbocycles. The van der Waals surface area contributed by atoms with E-state index in [-0.39, 0.29) is 5.41 Å². The van der Waals surface area contributed by atoms with E-state index < -0.39 is 0 Å². The third-order valence-corrected chi connectivity index (χ3v) is 5.06. The highest BCUT2D eigenvalue weighted by molar-refractivity contribution is 5.43. The standard InChI is InChI=1S/C16H25N3O/c1-6-11-9-13(18-10(2)17-11)19(5)14-12-7-8-20-15(12)16(14,3)4/h9,12,14-15H,6-8H2,1-5H3. The van der Waals surface area contributed by atoms with Gasteiger partial charge >= 0.3 is 0 Å². The van der Waals surface area contributed by atoms with Crippen molar-refractivity contribution < 1.29 is 4.74 Å². The molecule has 3 atom stereocenters. The molecule has 2 heterocycles. The Morgan fingerprint density at radius 1 is 1.40 bits per heavy atom. The molecule has 0 bridgehead atoms. The minimum Gasteiger partial charge on any atom is -0.377 e. The average Bonchev–Trinajstić information content (AvgIpc) is 2.84. The third kappa shape index (κ3) is 1.93. The summed E-state index contributed by atoms with van der Waals surface area (Å²) in [6.07, 6.45) is 2.55. The number of ether oxygens (including phenoxy) is 1. The van der Waals surface area contributed by atoms with Crippen LogP contribution in [0.3, 0.4) is 0 Å². The van der Waals surface area contributed by atoms with Crippen LogP contribution in [0.4, 0.5) is 5.82 Å². The zero-order chi connectivity index (χ0) is 14.5. The third-order valence-electron chi connectivity index (χ3n) is 5.06. The molecule has 4 nitrogen and oxygen atoms in total. The van der Waals surface area contributed by atoms with Crippen LogP contribution in [0.25, 0.3) is 0 Å². The van der Waals surface area contributed by atoms with Gasteiger partial charge in [-0.25, -0.2) is 9.97 Å². The lowest BCUT2D eigenvalue weighted by Gasteiger charge is -2.58. The molecule has 2 fully saturated rings. The van der Waals surface area contributed by atoms with E-state index in [9.17, 15) is 0 Å². The quantitative estimate of drug-likeness (QED) is 0.850. The fraction of sp³-hybridized carbons (Fsp3) is 0.750. The summed E-state index contributed by atoms with van der Waals surface area (Å²) in [7, 11) is 2.17. The van der Waals surface area contributed by atoms with Crippen LogP contribution in [-0.2, 0) is 11.2 Å². The van der Waals surface area contributed by atoms with Crippen LogP contribution in [0, 0.1) is 18.3 Å². The van der Waals surface area contributed by atoms with Gasteiger partial charge in [0, 0.05) is 42.8 Å². The molecule has 0 aromatic carbocycles. The van der Waals surface area contributed by atoms with Crippen LogP contribution < -0.4 is 4.90 Å². The van der Waals surface area contributed by atoms with Gasteiger partial charge in [0.25, 0.3) is 0 Å². The molecule has 20 heavy (non-hydrogen) atoms. The average molecular weight is 275 g/mol. The van der Waals surface area contributed by atoms with Gasteiger partial charge in [0.05, 0.1) is 6.10 Å². The fourth-order valence-corrected chi connectivity index (χ4v) is 4.20. The summed E-state index contributed by atoms with van der Waals surface area (Å²) in [6, 6.07) is 2.64. The molecule has 4 heteroatoms. The van der Waals surface area contributed by atoms with Gasteiger partial charge in [-0.1, -0.05) is 20.8 Å². The maximum Gasteiger partial charge on any atom is 0.132 e. The van der Waals surface area contributed by atoms with Gasteiger partial charge in [-0.05, 0) is 19.8 Å². The summed E-state index contributed by atoms with van der Waals surface area (Å²) < 4.78 is 5.89. The Bertz CT molecular complexity index is 514. The molecule has 0 amide bonds. The van der Waals surface area contributed by atoms with Gasteiger partial charge in [0.1, 0.15) is 11.6 Å². The Balaban J connectivity index is 1.89. The van der Waals surface area contributed by atoms with Crippen molar-refractivity contribution in [3.05, 3.63) is 17.6 Å². The SMILES string of the molecule is CCc1cc(N(C)C2C3CCOC3C2(C)C)nc(C)n1. The molecule has 1 aromatic rings. The first-order valence-corrected chi connectivity index (χ1v) is 7.64. The summed E-state index contributed by atoms with van der Waals surface area (Å²) >= 11 is 0. The fourth-order valence-electron chi connectivity index (χ4n) is 4.20. The molecule has 0 N–H and O–H groups in total. The van der Waals surface area contributed by atoms with Crippen LogP contribution in [0.5, 0.6) is 0 Å². The Morgan fingerprint density at radius 2 is 2.15 bits per heavy atom. The smallest absolute Gasteiger partial charge is 0.132 e. The van der Waals surface area contributed by atoms with Gasteiger partial charge in [-0.3, -0.25) is 0 Å². The van der Waals surface area contributed by atoms with E-state index in [4.69, 9.17) is 4.74 Å². The number of aryl methyl sites for hydroxylation is 2. The summed E-state index contributed by atoms with van der Waals surface area (Å²) in [6.45, 7) is 9.65. The highest BCUT2D eigenvalue weighted by atomic mass is 16.5. The largest absolute Gasteiger partial charge is 0.377 e. The van der Waals surface area contributed by atoms with Gasteiger partial charge in [-0.2, -0.15) is 0 Å². The van der Waals surface area contributed by atoms with Crippen LogP contribution in [0.15, 0.2) is 6.07 Å². The molecule has 3 unspecified atom stereocenters. The second-order valence-electron chi connectivity index (χ2n) is 6.74. The maximum atomic E-state index is 5.89. The molecule has 110 valence electrons. The second kappa shape index (κ2) is 4.69. The molecular formula is C16H25N3O. The minimum absolute atomic E-state index is 0.196. The summed E-state index contributed by atoms with van der Waals surface area (Å²) in [4.78, 5) is 11.5. The normalized spacial score (nSPS) is 30.8. The first kappa shape index (κ1) is 13.8. The molecule has 1 aliphatic carbocycles. The predicted molar refractivity (Wildman–Crippen MR) is 80.0 cm³/mol. The predicted octanol–water partition coefficient (Wildman–Crippen LogP) is 2.60. The van der Waals surface area contributed by atoms with Gasteiger partial charge in [0.2, 0.25) is 0 Å². The van der Waals surface area contributed by atoms with Crippen LogP contribution in [0.1, 0.15) is 38.7 Å². The van der Waals surface area contributed by atoms with E-state index in [0.29, 0.717) is 18.1 Å². The van der Waals surface area contributed by atoms with Crippen molar-refractivity contribution in [3.63, 3.8) is 0 Å². The van der Waals surface area contributed by atoms with Crippen molar-refractivity contribution in [2.45, 2.75) is 52.7 Å². The molecule has 3 rings (SSSR count). The molecule has 1 saturated heterocycles.